The molecule has 174 valence electrons. The Hall–Kier alpha value is -2.80. The maximum atomic E-state index is 12.8. The van der Waals surface area contributed by atoms with E-state index in [0.29, 0.717) is 40.8 Å². The number of H-pyrrole nitrogens is 1. The van der Waals surface area contributed by atoms with Crippen LogP contribution in [-0.4, -0.2) is 90.0 Å². The summed E-state index contributed by atoms with van der Waals surface area (Å²) in [4.78, 5) is 52.8. The van der Waals surface area contributed by atoms with Gasteiger partial charge in [0.1, 0.15) is 22.1 Å². The average molecular weight is 491 g/mol. The van der Waals surface area contributed by atoms with Crippen molar-refractivity contribution in [3.05, 3.63) is 29.1 Å². The van der Waals surface area contributed by atoms with E-state index in [1.807, 2.05) is 4.90 Å². The number of allylic oxidation sites excluding steroid dienone is 1. The molecule has 33 heavy (non-hydrogen) atoms. The lowest BCUT2D eigenvalue weighted by Crippen LogP contribution is -2.70. The van der Waals surface area contributed by atoms with E-state index >= 15 is 0 Å². The summed E-state index contributed by atoms with van der Waals surface area (Å²) in [5.41, 5.74) is 0.943. The molecule has 2 saturated heterocycles. The number of fused-ring (bicyclic) bond motifs is 1. The number of aromatic nitrogens is 3. The lowest BCUT2D eigenvalue weighted by atomic mass is 10.0. The molecular weight excluding hydrogens is 468 g/mol. The first-order chi connectivity index (χ1) is 15.9. The molecule has 3 aliphatic heterocycles. The molecule has 4 aliphatic rings. The van der Waals surface area contributed by atoms with E-state index in [-0.39, 0.29) is 23.3 Å². The van der Waals surface area contributed by atoms with Crippen molar-refractivity contribution in [1.29, 1.82) is 0 Å². The SMILES string of the molecule is O=C(CSc1cn[nH]n1)N[C@@H]1C(=O)N2C(C(=O)O)=C(C=C3CCN(CC4CC4)C3=O)CS[C@H]12. The number of nitrogens with zero attached hydrogens (tertiary/aromatic N) is 4. The van der Waals surface area contributed by atoms with Gasteiger partial charge in [-0.1, -0.05) is 11.8 Å². The number of carbonyl (C=O) groups excluding carboxylic acids is 3. The molecule has 4 heterocycles. The molecule has 0 spiro atoms. The topological polar surface area (TPSA) is 149 Å². The fraction of sp³-hybridized carbons (Fsp3) is 0.500. The number of amides is 3. The molecule has 5 rings (SSSR count). The first-order valence-electron chi connectivity index (χ1n) is 10.6. The normalized spacial score (nSPS) is 26.0. The monoisotopic (exact) mass is 490 g/mol. The molecule has 11 nitrogen and oxygen atoms in total. The molecule has 1 saturated carbocycles. The van der Waals surface area contributed by atoms with Crippen LogP contribution in [0.5, 0.6) is 0 Å². The number of hydrogen-bond donors (Lipinski definition) is 3. The Bertz CT molecular complexity index is 1070. The predicted molar refractivity (Wildman–Crippen MR) is 119 cm³/mol. The van der Waals surface area contributed by atoms with E-state index in [4.69, 9.17) is 0 Å². The van der Waals surface area contributed by atoms with Crippen LogP contribution in [0.4, 0.5) is 0 Å². The van der Waals surface area contributed by atoms with E-state index in [0.717, 1.165) is 19.4 Å². The van der Waals surface area contributed by atoms with Gasteiger partial charge in [-0.25, -0.2) is 4.79 Å². The number of thioether (sulfide) groups is 2. The molecule has 3 amide bonds. The van der Waals surface area contributed by atoms with Crippen LogP contribution in [0, 0.1) is 5.92 Å². The van der Waals surface area contributed by atoms with E-state index < -0.39 is 23.3 Å². The van der Waals surface area contributed by atoms with Crippen LogP contribution in [0.1, 0.15) is 19.3 Å². The standard InChI is InChI=1S/C20H22N6O5S2/c27-13(9-32-14-6-21-24-23-14)22-15-18(29)26-16(20(30)31)12(8-33-19(15)26)5-11-3-4-25(17(11)28)7-10-1-2-10/h5-6,10,15,19H,1-4,7-9H2,(H,22,27)(H,30,31)(H,21,23,24)/t15-,19-/m1/s1. The Morgan fingerprint density at radius 3 is 2.88 bits per heavy atom. The minimum absolute atomic E-state index is 0.0454. The number of carboxylic acids is 1. The molecule has 0 unspecified atom stereocenters. The van der Waals surface area contributed by atoms with Gasteiger partial charge >= 0.3 is 5.97 Å². The maximum Gasteiger partial charge on any atom is 0.352 e. The highest BCUT2D eigenvalue weighted by Gasteiger charge is 2.54. The van der Waals surface area contributed by atoms with Crippen LogP contribution in [0.2, 0.25) is 0 Å². The quantitative estimate of drug-likeness (QED) is 0.264. The van der Waals surface area contributed by atoms with Crippen LogP contribution in [-0.2, 0) is 19.2 Å². The Kier molecular flexibility index (Phi) is 5.91. The zero-order valence-corrected chi connectivity index (χ0v) is 19.2. The fourth-order valence-corrected chi connectivity index (χ4v) is 6.07. The number of hydrogen-bond acceptors (Lipinski definition) is 8. The van der Waals surface area contributed by atoms with E-state index in [1.54, 1.807) is 6.08 Å². The Morgan fingerprint density at radius 1 is 1.36 bits per heavy atom. The van der Waals surface area contributed by atoms with Crippen molar-refractivity contribution >= 4 is 47.2 Å². The number of aliphatic carboxylic acids is 1. The third-order valence-electron chi connectivity index (χ3n) is 6.00. The highest BCUT2D eigenvalue weighted by molar-refractivity contribution is 8.00. The van der Waals surface area contributed by atoms with Crippen molar-refractivity contribution < 1.29 is 24.3 Å². The Labute approximate surface area is 197 Å². The van der Waals surface area contributed by atoms with Crippen molar-refractivity contribution in [2.45, 2.75) is 35.7 Å². The fourth-order valence-electron chi connectivity index (χ4n) is 4.17. The van der Waals surface area contributed by atoms with Crippen LogP contribution in [0.3, 0.4) is 0 Å². The van der Waals surface area contributed by atoms with Crippen LogP contribution in [0.15, 0.2) is 34.1 Å². The number of aromatic amines is 1. The second kappa shape index (κ2) is 8.86. The summed E-state index contributed by atoms with van der Waals surface area (Å²) < 4.78 is 0. The van der Waals surface area contributed by atoms with Crippen molar-refractivity contribution in [1.82, 2.24) is 30.5 Å². The minimum atomic E-state index is -1.22. The van der Waals surface area contributed by atoms with Gasteiger partial charge in [0, 0.05) is 24.4 Å². The lowest BCUT2D eigenvalue weighted by molar-refractivity contribution is -0.150. The molecule has 0 bridgehead atoms. The molecule has 1 aromatic heterocycles. The molecule has 0 radical (unpaired) electrons. The average Bonchev–Trinajstić information content (AvgIpc) is 3.34. The van der Waals surface area contributed by atoms with Gasteiger partial charge in [-0.05, 0) is 36.8 Å². The molecule has 1 aromatic rings. The Morgan fingerprint density at radius 2 is 2.18 bits per heavy atom. The first-order valence-corrected chi connectivity index (χ1v) is 12.6. The molecule has 2 atom stereocenters. The van der Waals surface area contributed by atoms with Crippen molar-refractivity contribution in [2.75, 3.05) is 24.6 Å². The summed E-state index contributed by atoms with van der Waals surface area (Å²) in [5.74, 6) is -1.07. The summed E-state index contributed by atoms with van der Waals surface area (Å²) in [6, 6.07) is -0.786. The predicted octanol–water partition coefficient (Wildman–Crippen LogP) is 0.204. The second-order valence-electron chi connectivity index (χ2n) is 8.35. The number of rotatable bonds is 8. The van der Waals surface area contributed by atoms with Crippen molar-refractivity contribution in [2.24, 2.45) is 5.92 Å². The van der Waals surface area contributed by atoms with Crippen molar-refractivity contribution in [3.63, 3.8) is 0 Å². The zero-order valence-electron chi connectivity index (χ0n) is 17.5. The minimum Gasteiger partial charge on any atom is -0.477 e. The van der Waals surface area contributed by atoms with E-state index in [9.17, 15) is 24.3 Å². The molecule has 13 heteroatoms. The third-order valence-corrected chi connectivity index (χ3v) is 8.20. The van der Waals surface area contributed by atoms with Crippen LogP contribution >= 0.6 is 23.5 Å². The van der Waals surface area contributed by atoms with Crippen LogP contribution < -0.4 is 5.32 Å². The molecule has 1 aliphatic carbocycles. The summed E-state index contributed by atoms with van der Waals surface area (Å²) in [5, 5.41) is 22.6. The number of β-lactam (4-membered cyclic amide) rings is 1. The lowest BCUT2D eigenvalue weighted by Gasteiger charge is -2.49. The number of carbonyl (C=O) groups is 4. The first kappa shape index (κ1) is 22.0. The van der Waals surface area contributed by atoms with Gasteiger partial charge in [-0.3, -0.25) is 19.3 Å². The zero-order chi connectivity index (χ0) is 23.1. The van der Waals surface area contributed by atoms with Gasteiger partial charge in [0.2, 0.25) is 11.8 Å². The van der Waals surface area contributed by atoms with E-state index in [1.165, 1.54) is 34.6 Å². The maximum absolute atomic E-state index is 12.8. The second-order valence-corrected chi connectivity index (χ2v) is 10.4. The third kappa shape index (κ3) is 4.38. The van der Waals surface area contributed by atoms with Gasteiger partial charge in [0.15, 0.2) is 0 Å². The summed E-state index contributed by atoms with van der Waals surface area (Å²) >= 11 is 2.56. The highest BCUT2D eigenvalue weighted by atomic mass is 32.2. The summed E-state index contributed by atoms with van der Waals surface area (Å²) in [7, 11) is 0. The van der Waals surface area contributed by atoms with Gasteiger partial charge < -0.3 is 15.3 Å². The summed E-state index contributed by atoms with van der Waals surface area (Å²) in [6.07, 6.45) is 6.03. The smallest absolute Gasteiger partial charge is 0.352 e. The van der Waals surface area contributed by atoms with Crippen molar-refractivity contribution in [3.8, 4) is 0 Å². The Balaban J connectivity index is 1.26. The largest absolute Gasteiger partial charge is 0.477 e. The van der Waals surface area contributed by atoms with Gasteiger partial charge in [-0.15, -0.1) is 16.9 Å². The van der Waals surface area contributed by atoms with Gasteiger partial charge in [0.25, 0.3) is 5.91 Å². The van der Waals surface area contributed by atoms with Gasteiger partial charge in [-0.2, -0.15) is 10.3 Å². The van der Waals surface area contributed by atoms with E-state index in [2.05, 4.69) is 20.7 Å². The number of carboxylic acid groups (broad SMARTS) is 1. The number of likely N-dealkylation sites (tertiary alicyclic amines) is 1. The number of nitrogens with one attached hydrogen (secondary N) is 2. The molecule has 3 N–H and O–H groups in total. The van der Waals surface area contributed by atoms with Crippen LogP contribution in [0.25, 0.3) is 0 Å². The molecular formula is C20H22N6O5S2. The molecule has 3 fully saturated rings. The summed E-state index contributed by atoms with van der Waals surface area (Å²) in [6.45, 7) is 1.41. The molecule has 0 aromatic carbocycles. The van der Waals surface area contributed by atoms with Gasteiger partial charge in [0.05, 0.1) is 11.9 Å². The highest BCUT2D eigenvalue weighted by Crippen LogP contribution is 2.41.